The average molecular weight is 343 g/mol. The first-order chi connectivity index (χ1) is 7.74. The second-order valence-electron chi connectivity index (χ2n) is 4.61. The van der Waals surface area contributed by atoms with Gasteiger partial charge in [0.2, 0.25) is 0 Å². The fourth-order valence-corrected chi connectivity index (χ4v) is 3.85. The normalized spacial score (nSPS) is 31.0. The van der Waals surface area contributed by atoms with Crippen LogP contribution in [0.1, 0.15) is 12.8 Å². The van der Waals surface area contributed by atoms with Crippen LogP contribution in [-0.4, -0.2) is 6.04 Å². The second-order valence-corrected chi connectivity index (χ2v) is 6.38. The molecule has 0 spiro atoms. The van der Waals surface area contributed by atoms with Crippen molar-refractivity contribution in [2.45, 2.75) is 18.9 Å². The number of hydrogen-bond acceptors (Lipinski definition) is 1. The van der Waals surface area contributed by atoms with Crippen LogP contribution in [0.2, 0.25) is 0 Å². The van der Waals surface area contributed by atoms with Gasteiger partial charge in [-0.15, -0.1) is 0 Å². The molecule has 2 aliphatic carbocycles. The van der Waals surface area contributed by atoms with E-state index in [2.05, 4.69) is 67.5 Å². The lowest BCUT2D eigenvalue weighted by Gasteiger charge is -2.41. The number of nitrogens with one attached hydrogen (secondary N) is 1. The zero-order valence-corrected chi connectivity index (χ0v) is 12.0. The molecule has 84 valence electrons. The van der Waals surface area contributed by atoms with Crippen LogP contribution in [0.25, 0.3) is 0 Å². The summed E-state index contributed by atoms with van der Waals surface area (Å²) in [7, 11) is 0. The zero-order chi connectivity index (χ0) is 11.1. The molecular formula is C13H13Br2N. The minimum absolute atomic E-state index is 0.626. The molecule has 1 nitrogen and oxygen atoms in total. The van der Waals surface area contributed by atoms with Crippen molar-refractivity contribution < 1.29 is 0 Å². The number of benzene rings is 1. The molecule has 16 heavy (non-hydrogen) atoms. The standard InChI is InChI=1S/C13H13Br2N/c14-9-4-5-12(11(15)7-9)16-13-6-8-2-1-3-10(8)13/h1,3-5,7-8,10,13,16H,2,6H2. The van der Waals surface area contributed by atoms with Crippen LogP contribution in [-0.2, 0) is 0 Å². The number of hydrogen-bond donors (Lipinski definition) is 1. The molecule has 3 heteroatoms. The van der Waals surface area contributed by atoms with E-state index in [0.717, 1.165) is 20.8 Å². The Kier molecular flexibility index (Phi) is 2.84. The van der Waals surface area contributed by atoms with Crippen LogP contribution >= 0.6 is 31.9 Å². The van der Waals surface area contributed by atoms with Crippen LogP contribution in [0, 0.1) is 11.8 Å². The van der Waals surface area contributed by atoms with E-state index >= 15 is 0 Å². The second kappa shape index (κ2) is 4.19. The third kappa shape index (κ3) is 1.84. The number of anilines is 1. The Morgan fingerprint density at radius 3 is 2.88 bits per heavy atom. The quantitative estimate of drug-likeness (QED) is 0.775. The number of halogens is 2. The van der Waals surface area contributed by atoms with Gasteiger partial charge in [-0.2, -0.15) is 0 Å². The molecular weight excluding hydrogens is 330 g/mol. The molecule has 0 bridgehead atoms. The summed E-state index contributed by atoms with van der Waals surface area (Å²) < 4.78 is 2.24. The van der Waals surface area contributed by atoms with Gasteiger partial charge in [-0.05, 0) is 52.9 Å². The van der Waals surface area contributed by atoms with Crippen LogP contribution in [0.5, 0.6) is 0 Å². The maximum Gasteiger partial charge on any atom is 0.0487 e. The number of rotatable bonds is 2. The van der Waals surface area contributed by atoms with Gasteiger partial charge in [0.15, 0.2) is 0 Å². The van der Waals surface area contributed by atoms with Crippen LogP contribution in [0.15, 0.2) is 39.3 Å². The molecule has 2 aliphatic rings. The molecule has 3 atom stereocenters. The summed E-state index contributed by atoms with van der Waals surface area (Å²) in [6, 6.07) is 6.91. The Morgan fingerprint density at radius 1 is 1.25 bits per heavy atom. The molecule has 1 aromatic rings. The predicted molar refractivity (Wildman–Crippen MR) is 74.6 cm³/mol. The maximum atomic E-state index is 3.63. The summed E-state index contributed by atoms with van der Waals surface area (Å²) in [4.78, 5) is 0. The van der Waals surface area contributed by atoms with Gasteiger partial charge in [0.05, 0.1) is 0 Å². The number of fused-ring (bicyclic) bond motifs is 1. The van der Waals surface area contributed by atoms with E-state index in [1.165, 1.54) is 18.5 Å². The van der Waals surface area contributed by atoms with Crippen molar-refractivity contribution in [1.82, 2.24) is 0 Å². The van der Waals surface area contributed by atoms with Gasteiger partial charge in [0.1, 0.15) is 0 Å². The molecule has 0 heterocycles. The Bertz CT molecular complexity index is 442. The van der Waals surface area contributed by atoms with E-state index < -0.39 is 0 Å². The smallest absolute Gasteiger partial charge is 0.0487 e. The summed E-state index contributed by atoms with van der Waals surface area (Å²) in [5.41, 5.74) is 1.20. The van der Waals surface area contributed by atoms with Crippen molar-refractivity contribution in [3.8, 4) is 0 Å². The maximum absolute atomic E-state index is 3.63. The van der Waals surface area contributed by atoms with E-state index in [1.807, 2.05) is 0 Å². The van der Waals surface area contributed by atoms with Crippen molar-refractivity contribution in [1.29, 1.82) is 0 Å². The number of allylic oxidation sites excluding steroid dienone is 1. The first-order valence-electron chi connectivity index (χ1n) is 5.62. The van der Waals surface area contributed by atoms with Gasteiger partial charge >= 0.3 is 0 Å². The van der Waals surface area contributed by atoms with E-state index in [0.29, 0.717) is 6.04 Å². The minimum atomic E-state index is 0.626. The van der Waals surface area contributed by atoms with Gasteiger partial charge in [0.25, 0.3) is 0 Å². The molecule has 1 N–H and O–H groups in total. The van der Waals surface area contributed by atoms with E-state index in [4.69, 9.17) is 0 Å². The lowest BCUT2D eigenvalue weighted by atomic mass is 9.71. The summed E-state index contributed by atoms with van der Waals surface area (Å²) in [5, 5.41) is 3.63. The molecule has 0 amide bonds. The van der Waals surface area contributed by atoms with Gasteiger partial charge in [-0.25, -0.2) is 0 Å². The highest BCUT2D eigenvalue weighted by molar-refractivity contribution is 9.11. The van der Waals surface area contributed by atoms with Crippen molar-refractivity contribution in [3.63, 3.8) is 0 Å². The molecule has 1 aromatic carbocycles. The molecule has 1 fully saturated rings. The van der Waals surface area contributed by atoms with Gasteiger partial charge in [-0.3, -0.25) is 0 Å². The van der Waals surface area contributed by atoms with Gasteiger partial charge in [0, 0.05) is 26.6 Å². The zero-order valence-electron chi connectivity index (χ0n) is 8.79. The van der Waals surface area contributed by atoms with E-state index in [9.17, 15) is 0 Å². The Morgan fingerprint density at radius 2 is 2.12 bits per heavy atom. The fourth-order valence-electron chi connectivity index (χ4n) is 2.69. The minimum Gasteiger partial charge on any atom is -0.381 e. The molecule has 0 aliphatic heterocycles. The first kappa shape index (κ1) is 10.8. The van der Waals surface area contributed by atoms with Crippen molar-refractivity contribution in [3.05, 3.63) is 39.3 Å². The summed E-state index contributed by atoms with van der Waals surface area (Å²) in [6.45, 7) is 0. The topological polar surface area (TPSA) is 12.0 Å². The highest BCUT2D eigenvalue weighted by Crippen LogP contribution is 2.44. The molecule has 1 saturated carbocycles. The van der Waals surface area contributed by atoms with Crippen molar-refractivity contribution in [2.24, 2.45) is 11.8 Å². The van der Waals surface area contributed by atoms with E-state index in [1.54, 1.807) is 0 Å². The molecule has 3 unspecified atom stereocenters. The third-order valence-corrected chi connectivity index (χ3v) is 4.78. The lowest BCUT2D eigenvalue weighted by molar-refractivity contribution is 0.218. The van der Waals surface area contributed by atoms with E-state index in [-0.39, 0.29) is 0 Å². The SMILES string of the molecule is Brc1ccc(NC2CC3CC=CC32)c(Br)c1. The Labute approximate surface area is 113 Å². The molecule has 0 saturated heterocycles. The van der Waals surface area contributed by atoms with Gasteiger partial charge in [-0.1, -0.05) is 28.1 Å². The highest BCUT2D eigenvalue weighted by Gasteiger charge is 2.40. The summed E-state index contributed by atoms with van der Waals surface area (Å²) >= 11 is 7.06. The molecule has 0 aromatic heterocycles. The first-order valence-corrected chi connectivity index (χ1v) is 7.21. The predicted octanol–water partition coefficient (Wildman–Crippen LogP) is 4.59. The fraction of sp³-hybridized carbons (Fsp3) is 0.385. The molecule has 3 rings (SSSR count). The average Bonchev–Trinajstić information content (AvgIpc) is 2.59. The lowest BCUT2D eigenvalue weighted by Crippen LogP contribution is -2.43. The van der Waals surface area contributed by atoms with Crippen molar-refractivity contribution in [2.75, 3.05) is 5.32 Å². The highest BCUT2D eigenvalue weighted by atomic mass is 79.9. The van der Waals surface area contributed by atoms with Gasteiger partial charge < -0.3 is 5.32 Å². The van der Waals surface area contributed by atoms with Crippen LogP contribution < -0.4 is 5.32 Å². The summed E-state index contributed by atoms with van der Waals surface area (Å²) in [6.07, 6.45) is 7.29. The largest absolute Gasteiger partial charge is 0.381 e. The summed E-state index contributed by atoms with van der Waals surface area (Å²) in [5.74, 6) is 1.67. The molecule has 0 radical (unpaired) electrons. The van der Waals surface area contributed by atoms with Crippen LogP contribution in [0.4, 0.5) is 5.69 Å². The Hall–Kier alpha value is -0.280. The monoisotopic (exact) mass is 341 g/mol. The third-order valence-electron chi connectivity index (χ3n) is 3.63. The van der Waals surface area contributed by atoms with Crippen molar-refractivity contribution >= 4 is 37.5 Å². The Balaban J connectivity index is 1.73. The van der Waals surface area contributed by atoms with Crippen LogP contribution in [0.3, 0.4) is 0 Å².